The number of benzene rings is 1. The van der Waals surface area contributed by atoms with E-state index in [1.54, 1.807) is 6.92 Å². The monoisotopic (exact) mass is 349 g/mol. The maximum Gasteiger partial charge on any atom is 0.361 e. The van der Waals surface area contributed by atoms with Crippen LogP contribution in [-0.4, -0.2) is 28.0 Å². The lowest BCUT2D eigenvalue weighted by Crippen LogP contribution is -2.07. The number of esters is 1. The summed E-state index contributed by atoms with van der Waals surface area (Å²) in [5, 5.41) is 9.22. The van der Waals surface area contributed by atoms with Gasteiger partial charge in [-0.2, -0.15) is 10.3 Å². The molecule has 106 valence electrons. The Bertz CT molecular complexity index is 675. The van der Waals surface area contributed by atoms with Gasteiger partial charge in [0.05, 0.1) is 11.1 Å². The number of nitrogens with zero attached hydrogens (tertiary/aromatic N) is 2. The van der Waals surface area contributed by atoms with Crippen molar-refractivity contribution in [1.82, 2.24) is 15.4 Å². The highest BCUT2D eigenvalue weighted by molar-refractivity contribution is 9.10. The number of aromatic nitrogens is 3. The molecule has 9 heteroatoms. The zero-order valence-corrected chi connectivity index (χ0v) is 11.6. The van der Waals surface area contributed by atoms with Crippen molar-refractivity contribution in [2.45, 2.75) is 6.92 Å². The van der Waals surface area contributed by atoms with Crippen molar-refractivity contribution in [2.24, 2.45) is 0 Å². The van der Waals surface area contributed by atoms with E-state index in [0.29, 0.717) is 6.07 Å². The second kappa shape index (κ2) is 5.61. The molecule has 0 amide bonds. The number of carbonyl (C=O) groups is 1. The highest BCUT2D eigenvalue weighted by Crippen LogP contribution is 2.32. The van der Waals surface area contributed by atoms with Gasteiger partial charge >= 0.3 is 5.97 Å². The van der Waals surface area contributed by atoms with Gasteiger partial charge in [-0.05, 0) is 28.9 Å². The van der Waals surface area contributed by atoms with E-state index in [1.165, 1.54) is 0 Å². The Morgan fingerprint density at radius 3 is 2.70 bits per heavy atom. The lowest BCUT2D eigenvalue weighted by atomic mass is 10.1. The third kappa shape index (κ3) is 2.40. The SMILES string of the molecule is CCOC(=O)c1n[nH]nc1-c1cc(F)c(F)c(Br)c1F. The first kappa shape index (κ1) is 14.5. The number of rotatable bonds is 3. The summed E-state index contributed by atoms with van der Waals surface area (Å²) < 4.78 is 44.5. The molecule has 0 unspecified atom stereocenters. The fourth-order valence-electron chi connectivity index (χ4n) is 1.51. The van der Waals surface area contributed by atoms with Crippen LogP contribution in [-0.2, 0) is 4.74 Å². The molecule has 0 fully saturated rings. The highest BCUT2D eigenvalue weighted by Gasteiger charge is 2.25. The summed E-state index contributed by atoms with van der Waals surface area (Å²) >= 11 is 2.59. The molecule has 2 rings (SSSR count). The van der Waals surface area contributed by atoms with Gasteiger partial charge in [0, 0.05) is 5.56 Å². The maximum atomic E-state index is 13.9. The molecule has 1 N–H and O–H groups in total. The number of hydrogen-bond donors (Lipinski definition) is 1. The molecule has 0 bridgehead atoms. The molecule has 0 aliphatic heterocycles. The summed E-state index contributed by atoms with van der Waals surface area (Å²) in [7, 11) is 0. The molecule has 0 saturated heterocycles. The van der Waals surface area contributed by atoms with E-state index in [4.69, 9.17) is 4.74 Å². The normalized spacial score (nSPS) is 10.7. The highest BCUT2D eigenvalue weighted by atomic mass is 79.9. The second-order valence-corrected chi connectivity index (χ2v) is 4.38. The Labute approximate surface area is 119 Å². The van der Waals surface area contributed by atoms with Gasteiger partial charge in [-0.25, -0.2) is 18.0 Å². The van der Waals surface area contributed by atoms with Crippen molar-refractivity contribution in [3.05, 3.63) is 33.7 Å². The molecule has 1 aromatic heterocycles. The van der Waals surface area contributed by atoms with Gasteiger partial charge < -0.3 is 4.74 Å². The minimum absolute atomic E-state index is 0.0785. The van der Waals surface area contributed by atoms with E-state index in [9.17, 15) is 18.0 Å². The van der Waals surface area contributed by atoms with Crippen molar-refractivity contribution in [3.63, 3.8) is 0 Å². The van der Waals surface area contributed by atoms with Crippen molar-refractivity contribution in [1.29, 1.82) is 0 Å². The number of nitrogens with one attached hydrogen (secondary N) is 1. The van der Waals surface area contributed by atoms with Crippen molar-refractivity contribution in [3.8, 4) is 11.3 Å². The van der Waals surface area contributed by atoms with Crippen LogP contribution in [0.5, 0.6) is 0 Å². The Morgan fingerprint density at radius 2 is 2.05 bits per heavy atom. The van der Waals surface area contributed by atoms with E-state index in [0.717, 1.165) is 0 Å². The molecule has 0 saturated carbocycles. The molecule has 5 nitrogen and oxygen atoms in total. The van der Waals surface area contributed by atoms with Crippen LogP contribution in [0.25, 0.3) is 11.3 Å². The van der Waals surface area contributed by atoms with Gasteiger partial charge in [-0.15, -0.1) is 5.10 Å². The summed E-state index contributed by atoms with van der Waals surface area (Å²) in [6, 6.07) is 0.593. The summed E-state index contributed by atoms with van der Waals surface area (Å²) in [6.07, 6.45) is 0. The number of carbonyl (C=O) groups excluding carboxylic acids is 1. The summed E-state index contributed by atoms with van der Waals surface area (Å²) in [6.45, 7) is 1.65. The van der Waals surface area contributed by atoms with Crippen LogP contribution in [0.15, 0.2) is 10.5 Å². The van der Waals surface area contributed by atoms with Crippen LogP contribution in [0, 0.1) is 17.5 Å². The first-order valence-corrected chi connectivity index (χ1v) is 6.17. The van der Waals surface area contributed by atoms with Crippen LogP contribution in [0.3, 0.4) is 0 Å². The van der Waals surface area contributed by atoms with Gasteiger partial charge in [0.1, 0.15) is 11.5 Å². The number of H-pyrrole nitrogens is 1. The molecule has 2 aromatic rings. The first-order valence-electron chi connectivity index (χ1n) is 5.38. The van der Waals surface area contributed by atoms with Gasteiger partial charge in [-0.3, -0.25) is 0 Å². The molecule has 0 radical (unpaired) electrons. The maximum absolute atomic E-state index is 13.9. The standard InChI is InChI=1S/C11H7BrF3N3O2/c1-2-20-11(19)10-9(16-18-17-10)4-3-5(13)8(15)6(12)7(4)14/h3H,2H2,1H3,(H,16,17,18). The molecule has 20 heavy (non-hydrogen) atoms. The average Bonchev–Trinajstić information content (AvgIpc) is 2.90. The third-order valence-corrected chi connectivity index (χ3v) is 3.07. The van der Waals surface area contributed by atoms with E-state index < -0.39 is 33.5 Å². The lowest BCUT2D eigenvalue weighted by molar-refractivity contribution is 0.0520. The van der Waals surface area contributed by atoms with E-state index in [1.807, 2.05) is 0 Å². The van der Waals surface area contributed by atoms with Gasteiger partial charge in [-0.1, -0.05) is 0 Å². The van der Waals surface area contributed by atoms with E-state index >= 15 is 0 Å². The van der Waals surface area contributed by atoms with Gasteiger partial charge in [0.25, 0.3) is 0 Å². The number of aromatic amines is 1. The molecule has 0 aliphatic carbocycles. The van der Waals surface area contributed by atoms with Crippen LogP contribution < -0.4 is 0 Å². The Morgan fingerprint density at radius 1 is 1.35 bits per heavy atom. The minimum Gasteiger partial charge on any atom is -0.461 e. The van der Waals surface area contributed by atoms with Crippen LogP contribution in [0.2, 0.25) is 0 Å². The second-order valence-electron chi connectivity index (χ2n) is 3.59. The predicted molar refractivity (Wildman–Crippen MR) is 65.3 cm³/mol. The van der Waals surface area contributed by atoms with Crippen LogP contribution in [0.1, 0.15) is 17.4 Å². The molecule has 0 atom stereocenters. The summed E-state index contributed by atoms with van der Waals surface area (Å²) in [5.41, 5.74) is -0.989. The zero-order chi connectivity index (χ0) is 14.9. The van der Waals surface area contributed by atoms with E-state index in [-0.39, 0.29) is 18.0 Å². The molecule has 0 spiro atoms. The third-order valence-electron chi connectivity index (χ3n) is 2.37. The van der Waals surface area contributed by atoms with Crippen LogP contribution >= 0.6 is 15.9 Å². The molecule has 1 heterocycles. The van der Waals surface area contributed by atoms with E-state index in [2.05, 4.69) is 31.3 Å². The van der Waals surface area contributed by atoms with Crippen molar-refractivity contribution in [2.75, 3.05) is 6.61 Å². The zero-order valence-electron chi connectivity index (χ0n) is 10.0. The van der Waals surface area contributed by atoms with Crippen LogP contribution in [0.4, 0.5) is 13.2 Å². The molecule has 0 aliphatic rings. The Balaban J connectivity index is 2.59. The lowest BCUT2D eigenvalue weighted by Gasteiger charge is -2.05. The van der Waals surface area contributed by atoms with Gasteiger partial charge in [0.15, 0.2) is 17.3 Å². The molecule has 1 aromatic carbocycles. The summed E-state index contributed by atoms with van der Waals surface area (Å²) in [5.74, 6) is -4.60. The number of ether oxygens (including phenoxy) is 1. The quantitative estimate of drug-likeness (QED) is 0.525. The Kier molecular flexibility index (Phi) is 4.07. The summed E-state index contributed by atoms with van der Waals surface area (Å²) in [4.78, 5) is 11.6. The first-order chi connectivity index (χ1) is 9.47. The topological polar surface area (TPSA) is 67.9 Å². The van der Waals surface area contributed by atoms with Crippen molar-refractivity contribution < 1.29 is 22.7 Å². The molecular formula is C11H7BrF3N3O2. The average molecular weight is 350 g/mol. The fraction of sp³-hybridized carbons (Fsp3) is 0.182. The largest absolute Gasteiger partial charge is 0.461 e. The minimum atomic E-state index is -1.37. The fourth-order valence-corrected chi connectivity index (χ4v) is 1.91. The van der Waals surface area contributed by atoms with Crippen molar-refractivity contribution >= 4 is 21.9 Å². The predicted octanol–water partition coefficient (Wildman–Crippen LogP) is 2.83. The number of hydrogen-bond acceptors (Lipinski definition) is 4. The Hall–Kier alpha value is -1.90. The smallest absolute Gasteiger partial charge is 0.361 e. The van der Waals surface area contributed by atoms with Gasteiger partial charge in [0.2, 0.25) is 0 Å². The number of halogens is 4. The molecular weight excluding hydrogens is 343 g/mol.